The van der Waals surface area contributed by atoms with Crippen molar-refractivity contribution in [1.82, 2.24) is 4.98 Å². The molecule has 0 saturated carbocycles. The van der Waals surface area contributed by atoms with Crippen molar-refractivity contribution in [1.29, 1.82) is 0 Å². The van der Waals surface area contributed by atoms with E-state index in [4.69, 9.17) is 11.6 Å². The summed E-state index contributed by atoms with van der Waals surface area (Å²) in [4.78, 5) is 16.1. The minimum absolute atomic E-state index is 0.123. The number of hydrogen-bond donors (Lipinski definition) is 1. The molecular weight excluding hydrogens is 441 g/mol. The smallest absolute Gasteiger partial charge is 0.320 e. The maximum absolute atomic E-state index is 14.6. The van der Waals surface area contributed by atoms with Gasteiger partial charge in [0.1, 0.15) is 0 Å². The van der Waals surface area contributed by atoms with Crippen LogP contribution in [-0.4, -0.2) is 23.2 Å². The van der Waals surface area contributed by atoms with Crippen LogP contribution in [0.3, 0.4) is 0 Å². The third-order valence-electron chi connectivity index (χ3n) is 4.28. The predicted octanol–water partition coefficient (Wildman–Crippen LogP) is 6.43. The largest absolute Gasteiger partial charge is 0.435 e. The lowest BCUT2D eigenvalue weighted by Crippen LogP contribution is -2.50. The number of halogens is 8. The Morgan fingerprint density at radius 2 is 1.47 bits per heavy atom. The summed E-state index contributed by atoms with van der Waals surface area (Å²) in [5, 5.41) is 1.95. The van der Waals surface area contributed by atoms with Gasteiger partial charge < -0.3 is 5.32 Å². The molecule has 0 atom stereocenters. The second-order valence-electron chi connectivity index (χ2n) is 6.18. The zero-order chi connectivity index (χ0) is 22.3. The number of alkyl halides is 7. The molecular formula is C19H10ClF7N2O. The first-order valence-electron chi connectivity index (χ1n) is 8.14. The van der Waals surface area contributed by atoms with Crippen LogP contribution in [0.15, 0.2) is 54.7 Å². The number of benzene rings is 2. The average Bonchev–Trinajstić information content (AvgIpc) is 2.66. The van der Waals surface area contributed by atoms with Crippen LogP contribution in [0.5, 0.6) is 0 Å². The zero-order valence-corrected chi connectivity index (χ0v) is 15.3. The van der Waals surface area contributed by atoms with Gasteiger partial charge >= 0.3 is 18.0 Å². The van der Waals surface area contributed by atoms with Gasteiger partial charge in [-0.2, -0.15) is 26.3 Å². The minimum atomic E-state index is -6.28. The third-order valence-corrected chi connectivity index (χ3v) is 4.53. The Labute approximate surface area is 169 Å². The van der Waals surface area contributed by atoms with E-state index in [-0.39, 0.29) is 11.3 Å². The highest BCUT2D eigenvalue weighted by Gasteiger charge is 2.74. The fraction of sp³-hybridized carbons (Fsp3) is 0.158. The van der Waals surface area contributed by atoms with Crippen LogP contribution in [0.25, 0.3) is 10.9 Å². The second kappa shape index (κ2) is 7.42. The Morgan fingerprint density at radius 3 is 2.03 bits per heavy atom. The number of hydrogen-bond acceptors (Lipinski definition) is 2. The van der Waals surface area contributed by atoms with E-state index >= 15 is 0 Å². The van der Waals surface area contributed by atoms with Crippen LogP contribution in [-0.2, 0) is 5.67 Å². The fourth-order valence-corrected chi connectivity index (χ4v) is 2.96. The van der Waals surface area contributed by atoms with Gasteiger partial charge in [0.05, 0.1) is 11.2 Å². The highest BCUT2D eigenvalue weighted by Crippen LogP contribution is 2.54. The lowest BCUT2D eigenvalue weighted by atomic mass is 9.90. The molecule has 0 bridgehead atoms. The fourth-order valence-electron chi connectivity index (χ4n) is 2.84. The summed E-state index contributed by atoms with van der Waals surface area (Å²) < 4.78 is 93.7. The molecule has 3 rings (SSSR count). The van der Waals surface area contributed by atoms with Gasteiger partial charge in [-0.15, -0.1) is 0 Å². The van der Waals surface area contributed by atoms with E-state index in [1.54, 1.807) is 0 Å². The Morgan fingerprint density at radius 1 is 0.867 bits per heavy atom. The van der Waals surface area contributed by atoms with Gasteiger partial charge in [0.15, 0.2) is 0 Å². The molecule has 0 aliphatic rings. The number of nitrogens with one attached hydrogen (secondary N) is 1. The molecule has 0 fully saturated rings. The summed E-state index contributed by atoms with van der Waals surface area (Å²) >= 11 is 5.73. The van der Waals surface area contributed by atoms with Gasteiger partial charge in [-0.1, -0.05) is 23.7 Å². The van der Waals surface area contributed by atoms with Crippen molar-refractivity contribution in [2.24, 2.45) is 0 Å². The lowest BCUT2D eigenvalue weighted by molar-refractivity contribution is -0.348. The lowest BCUT2D eigenvalue weighted by Gasteiger charge is -2.31. The van der Waals surface area contributed by atoms with Crippen LogP contribution in [0.2, 0.25) is 5.02 Å². The molecule has 3 aromatic rings. The van der Waals surface area contributed by atoms with Crippen LogP contribution >= 0.6 is 11.6 Å². The average molecular weight is 451 g/mol. The first-order valence-corrected chi connectivity index (χ1v) is 8.51. The van der Waals surface area contributed by atoms with Gasteiger partial charge in [0.2, 0.25) is 0 Å². The first kappa shape index (κ1) is 21.8. The highest BCUT2D eigenvalue weighted by molar-refractivity contribution is 6.30. The van der Waals surface area contributed by atoms with Crippen LogP contribution in [0.1, 0.15) is 15.9 Å². The molecule has 0 aliphatic heterocycles. The number of aromatic nitrogens is 1. The number of nitrogens with zero attached hydrogens (tertiary/aromatic N) is 1. The van der Waals surface area contributed by atoms with E-state index in [1.165, 1.54) is 24.3 Å². The molecule has 0 saturated heterocycles. The van der Waals surface area contributed by atoms with E-state index < -0.39 is 40.4 Å². The minimum Gasteiger partial charge on any atom is -0.320 e. The normalized spacial score (nSPS) is 12.8. The number of anilines is 1. The molecule has 1 aromatic heterocycles. The number of amides is 1. The number of carbonyl (C=O) groups is 1. The third kappa shape index (κ3) is 3.67. The maximum atomic E-state index is 14.6. The Balaban J connectivity index is 2.14. The quantitative estimate of drug-likeness (QED) is 0.467. The Hall–Kier alpha value is -2.88. The summed E-state index contributed by atoms with van der Waals surface area (Å²) in [5.74, 6) is -0.718. The number of carbonyl (C=O) groups excluding carboxylic acids is 1. The molecule has 0 radical (unpaired) electrons. The number of fused-ring (bicyclic) bond motifs is 1. The van der Waals surface area contributed by atoms with Gasteiger partial charge in [-0.25, -0.2) is 4.39 Å². The van der Waals surface area contributed by atoms with Gasteiger partial charge in [-0.05, 0) is 36.4 Å². The second-order valence-corrected chi connectivity index (χ2v) is 6.61. The molecule has 30 heavy (non-hydrogen) atoms. The summed E-state index contributed by atoms with van der Waals surface area (Å²) in [7, 11) is 0. The van der Waals surface area contributed by atoms with E-state index in [0.29, 0.717) is 11.1 Å². The van der Waals surface area contributed by atoms with E-state index in [9.17, 15) is 35.5 Å². The molecule has 0 unspecified atom stereocenters. The maximum Gasteiger partial charge on any atom is 0.435 e. The number of rotatable bonds is 3. The Bertz CT molecular complexity index is 1080. The van der Waals surface area contributed by atoms with Gasteiger partial charge in [-0.3, -0.25) is 9.78 Å². The van der Waals surface area contributed by atoms with E-state index in [1.807, 2.05) is 0 Å². The summed E-state index contributed by atoms with van der Waals surface area (Å²) in [6, 6.07) is 8.56. The summed E-state index contributed by atoms with van der Waals surface area (Å²) in [6.45, 7) is 0. The summed E-state index contributed by atoms with van der Waals surface area (Å²) in [6.07, 6.45) is -11.5. The SMILES string of the molecule is O=C(Nc1ccc(C(F)(C(F)(F)F)C(F)(F)F)c2cccnc12)c1ccc(Cl)cc1. The van der Waals surface area contributed by atoms with E-state index in [2.05, 4.69) is 10.3 Å². The van der Waals surface area contributed by atoms with Crippen molar-refractivity contribution in [2.75, 3.05) is 5.32 Å². The monoisotopic (exact) mass is 450 g/mol. The zero-order valence-electron chi connectivity index (χ0n) is 14.6. The van der Waals surface area contributed by atoms with Crippen LogP contribution in [0, 0.1) is 0 Å². The molecule has 1 amide bonds. The predicted molar refractivity (Wildman–Crippen MR) is 96.0 cm³/mol. The van der Waals surface area contributed by atoms with Crippen molar-refractivity contribution in [2.45, 2.75) is 18.0 Å². The Kier molecular flexibility index (Phi) is 5.40. The van der Waals surface area contributed by atoms with Gasteiger partial charge in [0, 0.05) is 27.7 Å². The molecule has 0 spiro atoms. The molecule has 1 heterocycles. The number of pyridine rings is 1. The highest BCUT2D eigenvalue weighted by atomic mass is 35.5. The first-order chi connectivity index (χ1) is 13.9. The topological polar surface area (TPSA) is 42.0 Å². The molecule has 158 valence electrons. The van der Waals surface area contributed by atoms with Crippen LogP contribution in [0.4, 0.5) is 36.4 Å². The van der Waals surface area contributed by atoms with Gasteiger partial charge in [0.25, 0.3) is 5.91 Å². The summed E-state index contributed by atoms with van der Waals surface area (Å²) in [5.41, 5.74) is -7.80. The molecule has 3 nitrogen and oxygen atoms in total. The molecule has 11 heteroatoms. The molecule has 1 N–H and O–H groups in total. The van der Waals surface area contributed by atoms with Crippen molar-refractivity contribution < 1.29 is 35.5 Å². The van der Waals surface area contributed by atoms with E-state index in [0.717, 1.165) is 24.4 Å². The van der Waals surface area contributed by atoms with Crippen molar-refractivity contribution >= 4 is 34.1 Å². The van der Waals surface area contributed by atoms with Crippen molar-refractivity contribution in [3.05, 3.63) is 70.9 Å². The standard InChI is InChI=1S/C19H10ClF7N2O/c20-11-5-3-10(4-6-11)16(30)29-14-8-7-13(12-2-1-9-28-15(12)14)17(21,18(22,23)24)19(25,26)27/h1-9H,(H,29,30). The molecule has 0 aliphatic carbocycles. The van der Waals surface area contributed by atoms with Crippen molar-refractivity contribution in [3.63, 3.8) is 0 Å². The van der Waals surface area contributed by atoms with Crippen LogP contribution < -0.4 is 5.32 Å². The molecule has 2 aromatic carbocycles. The van der Waals surface area contributed by atoms with Crippen molar-refractivity contribution in [3.8, 4) is 0 Å².